The second-order valence-corrected chi connectivity index (χ2v) is 5.26. The van der Waals surface area contributed by atoms with E-state index in [-0.39, 0.29) is 0 Å². The first-order chi connectivity index (χ1) is 9.76. The number of rotatable bonds is 2. The average molecular weight is 324 g/mol. The van der Waals surface area contributed by atoms with Gasteiger partial charge in [0.2, 0.25) is 0 Å². The molecule has 20 heavy (non-hydrogen) atoms. The van der Waals surface area contributed by atoms with Crippen molar-refractivity contribution in [1.29, 1.82) is 5.26 Å². The van der Waals surface area contributed by atoms with Crippen LogP contribution in [0, 0.1) is 11.3 Å². The molecule has 0 saturated heterocycles. The van der Waals surface area contributed by atoms with Crippen molar-refractivity contribution in [2.45, 2.75) is 0 Å². The standard InChI is InChI=1S/C16H10BrN3/c17-13-5-3-12-9-14(6-4-11(12)8-13)20-15-2-1-7-19-16(15)10-18/h1-9,20H. The molecule has 1 N–H and O–H groups in total. The number of nitrogens with one attached hydrogen (secondary N) is 1. The third kappa shape index (κ3) is 2.49. The van der Waals surface area contributed by atoms with E-state index in [0.717, 1.165) is 20.9 Å². The lowest BCUT2D eigenvalue weighted by Crippen LogP contribution is -1.95. The molecule has 2 aromatic carbocycles. The topological polar surface area (TPSA) is 48.7 Å². The van der Waals surface area contributed by atoms with Gasteiger partial charge in [0.25, 0.3) is 0 Å². The highest BCUT2D eigenvalue weighted by molar-refractivity contribution is 9.10. The molecule has 0 radical (unpaired) electrons. The highest BCUT2D eigenvalue weighted by Crippen LogP contribution is 2.25. The molecule has 96 valence electrons. The van der Waals surface area contributed by atoms with Crippen LogP contribution in [0.4, 0.5) is 11.4 Å². The monoisotopic (exact) mass is 323 g/mol. The predicted octanol–water partition coefficient (Wildman–Crippen LogP) is 4.61. The van der Waals surface area contributed by atoms with Crippen molar-refractivity contribution in [3.05, 3.63) is 64.9 Å². The molecule has 1 aromatic heterocycles. The third-order valence-corrected chi connectivity index (χ3v) is 3.49. The summed E-state index contributed by atoms with van der Waals surface area (Å²) in [7, 11) is 0. The molecule has 0 bridgehead atoms. The Morgan fingerprint density at radius 3 is 2.70 bits per heavy atom. The van der Waals surface area contributed by atoms with Gasteiger partial charge < -0.3 is 5.32 Å². The number of nitrogens with zero attached hydrogens (tertiary/aromatic N) is 2. The number of hydrogen-bond donors (Lipinski definition) is 1. The van der Waals surface area contributed by atoms with E-state index < -0.39 is 0 Å². The molecule has 3 aromatic rings. The Morgan fingerprint density at radius 2 is 1.85 bits per heavy atom. The van der Waals surface area contributed by atoms with Crippen molar-refractivity contribution in [3.8, 4) is 6.07 Å². The SMILES string of the molecule is N#Cc1ncccc1Nc1ccc2cc(Br)ccc2c1. The highest BCUT2D eigenvalue weighted by Gasteiger charge is 2.03. The van der Waals surface area contributed by atoms with Crippen LogP contribution in [0.5, 0.6) is 0 Å². The van der Waals surface area contributed by atoms with Crippen LogP contribution in [-0.2, 0) is 0 Å². The quantitative estimate of drug-likeness (QED) is 0.749. The van der Waals surface area contributed by atoms with Gasteiger partial charge >= 0.3 is 0 Å². The number of aromatic nitrogens is 1. The van der Waals surface area contributed by atoms with Gasteiger partial charge in [0, 0.05) is 16.4 Å². The Bertz CT molecular complexity index is 821. The van der Waals surface area contributed by atoms with Crippen molar-refractivity contribution in [3.63, 3.8) is 0 Å². The Kier molecular flexibility index (Phi) is 3.36. The van der Waals surface area contributed by atoms with Crippen LogP contribution in [0.1, 0.15) is 5.69 Å². The molecule has 0 aliphatic heterocycles. The molecular formula is C16H10BrN3. The average Bonchev–Trinajstić information content (AvgIpc) is 2.48. The van der Waals surface area contributed by atoms with Crippen LogP contribution in [0.3, 0.4) is 0 Å². The molecule has 4 heteroatoms. The summed E-state index contributed by atoms with van der Waals surface area (Å²) in [6, 6.07) is 18.0. The third-order valence-electron chi connectivity index (χ3n) is 2.99. The van der Waals surface area contributed by atoms with Gasteiger partial charge in [-0.1, -0.05) is 28.1 Å². The van der Waals surface area contributed by atoms with E-state index in [1.807, 2.05) is 24.3 Å². The van der Waals surface area contributed by atoms with E-state index in [4.69, 9.17) is 5.26 Å². The van der Waals surface area contributed by atoms with E-state index in [1.54, 1.807) is 12.3 Å². The lowest BCUT2D eigenvalue weighted by atomic mass is 10.1. The van der Waals surface area contributed by atoms with Gasteiger partial charge in [0.05, 0.1) is 5.69 Å². The van der Waals surface area contributed by atoms with Crippen molar-refractivity contribution < 1.29 is 0 Å². The Balaban J connectivity index is 1.99. The fraction of sp³-hybridized carbons (Fsp3) is 0. The summed E-state index contributed by atoms with van der Waals surface area (Å²) < 4.78 is 1.06. The molecule has 3 rings (SSSR count). The summed E-state index contributed by atoms with van der Waals surface area (Å²) in [5.74, 6) is 0. The van der Waals surface area contributed by atoms with Crippen LogP contribution in [0.15, 0.2) is 59.2 Å². The number of halogens is 1. The van der Waals surface area contributed by atoms with E-state index >= 15 is 0 Å². The number of fused-ring (bicyclic) bond motifs is 1. The second-order valence-electron chi connectivity index (χ2n) is 4.34. The van der Waals surface area contributed by atoms with Crippen molar-refractivity contribution >= 4 is 38.1 Å². The molecular weight excluding hydrogens is 314 g/mol. The summed E-state index contributed by atoms with van der Waals surface area (Å²) in [5, 5.41) is 14.6. The second kappa shape index (κ2) is 5.32. The number of nitriles is 1. The molecule has 0 spiro atoms. The maximum absolute atomic E-state index is 9.04. The minimum Gasteiger partial charge on any atom is -0.353 e. The molecule has 1 heterocycles. The first-order valence-electron chi connectivity index (χ1n) is 6.08. The van der Waals surface area contributed by atoms with Gasteiger partial charge in [-0.3, -0.25) is 0 Å². The summed E-state index contributed by atoms with van der Waals surface area (Å²) in [4.78, 5) is 4.04. The maximum Gasteiger partial charge on any atom is 0.163 e. The van der Waals surface area contributed by atoms with Crippen molar-refractivity contribution in [1.82, 2.24) is 4.98 Å². The fourth-order valence-corrected chi connectivity index (χ4v) is 2.42. The van der Waals surface area contributed by atoms with Gasteiger partial charge in [-0.05, 0) is 47.2 Å². The minimum absolute atomic E-state index is 0.392. The summed E-state index contributed by atoms with van der Waals surface area (Å²) in [6.07, 6.45) is 1.61. The predicted molar refractivity (Wildman–Crippen MR) is 83.9 cm³/mol. The zero-order valence-corrected chi connectivity index (χ0v) is 12.1. The summed E-state index contributed by atoms with van der Waals surface area (Å²) >= 11 is 3.46. The Hall–Kier alpha value is -2.38. The van der Waals surface area contributed by atoms with Crippen LogP contribution < -0.4 is 5.32 Å². The van der Waals surface area contributed by atoms with Crippen molar-refractivity contribution in [2.75, 3.05) is 5.32 Å². The van der Waals surface area contributed by atoms with Gasteiger partial charge in [-0.2, -0.15) is 5.26 Å². The smallest absolute Gasteiger partial charge is 0.163 e. The van der Waals surface area contributed by atoms with Gasteiger partial charge in [-0.25, -0.2) is 4.98 Å². The number of hydrogen-bond acceptors (Lipinski definition) is 3. The van der Waals surface area contributed by atoms with Crippen LogP contribution in [0.2, 0.25) is 0 Å². The van der Waals surface area contributed by atoms with Crippen molar-refractivity contribution in [2.24, 2.45) is 0 Å². The van der Waals surface area contributed by atoms with E-state index in [1.165, 1.54) is 0 Å². The lowest BCUT2D eigenvalue weighted by Gasteiger charge is -2.08. The van der Waals surface area contributed by atoms with Crippen LogP contribution >= 0.6 is 15.9 Å². The maximum atomic E-state index is 9.04. The molecule has 0 unspecified atom stereocenters. The van der Waals surface area contributed by atoms with Gasteiger partial charge in [-0.15, -0.1) is 0 Å². The van der Waals surface area contributed by atoms with E-state index in [9.17, 15) is 0 Å². The van der Waals surface area contributed by atoms with Crippen LogP contribution in [-0.4, -0.2) is 4.98 Å². The molecule has 0 aliphatic carbocycles. The number of anilines is 2. The molecule has 0 saturated carbocycles. The zero-order chi connectivity index (χ0) is 13.9. The molecule has 0 amide bonds. The van der Waals surface area contributed by atoms with Gasteiger partial charge in [0.1, 0.15) is 6.07 Å². The summed E-state index contributed by atoms with van der Waals surface area (Å²) in [6.45, 7) is 0. The Morgan fingerprint density at radius 1 is 1.05 bits per heavy atom. The first kappa shape index (κ1) is 12.6. The fourth-order valence-electron chi connectivity index (χ4n) is 2.05. The van der Waals surface area contributed by atoms with Gasteiger partial charge in [0.15, 0.2) is 5.69 Å². The van der Waals surface area contributed by atoms with E-state index in [2.05, 4.69) is 50.5 Å². The van der Waals surface area contributed by atoms with Crippen LogP contribution in [0.25, 0.3) is 10.8 Å². The van der Waals surface area contributed by atoms with E-state index in [0.29, 0.717) is 11.4 Å². The largest absolute Gasteiger partial charge is 0.353 e. The molecule has 0 aliphatic rings. The molecule has 0 atom stereocenters. The lowest BCUT2D eigenvalue weighted by molar-refractivity contribution is 1.26. The summed E-state index contributed by atoms with van der Waals surface area (Å²) in [5.41, 5.74) is 2.04. The number of pyridine rings is 1. The number of benzene rings is 2. The first-order valence-corrected chi connectivity index (χ1v) is 6.87. The normalized spacial score (nSPS) is 10.2. The molecule has 3 nitrogen and oxygen atoms in total. The Labute approximate surface area is 125 Å². The molecule has 0 fully saturated rings. The highest BCUT2D eigenvalue weighted by atomic mass is 79.9. The zero-order valence-electron chi connectivity index (χ0n) is 10.5. The minimum atomic E-state index is 0.392.